The van der Waals surface area contributed by atoms with Crippen molar-refractivity contribution in [3.8, 4) is 11.4 Å². The van der Waals surface area contributed by atoms with E-state index in [9.17, 15) is 23.4 Å². The molecule has 1 aliphatic rings. The van der Waals surface area contributed by atoms with Gasteiger partial charge >= 0.3 is 6.18 Å². The number of hydrogen-bond donors (Lipinski definition) is 2. The van der Waals surface area contributed by atoms with Crippen molar-refractivity contribution in [2.45, 2.75) is 43.8 Å². The highest BCUT2D eigenvalue weighted by Crippen LogP contribution is 2.36. The number of halogens is 4. The van der Waals surface area contributed by atoms with Crippen LogP contribution in [0.3, 0.4) is 0 Å². The number of aliphatic hydroxyl groups is 2. The monoisotopic (exact) mass is 403 g/mol. The molecule has 0 radical (unpaired) electrons. The zero-order valence-electron chi connectivity index (χ0n) is 14.7. The summed E-state index contributed by atoms with van der Waals surface area (Å²) in [4.78, 5) is 5.65. The maximum Gasteiger partial charge on any atom is 0.420 e. The van der Waals surface area contributed by atoms with Gasteiger partial charge in [0.05, 0.1) is 0 Å². The molecule has 3 rings (SSSR count). The van der Waals surface area contributed by atoms with Crippen LogP contribution in [0.1, 0.15) is 25.8 Å². The molecule has 1 saturated heterocycles. The largest absolute Gasteiger partial charge is 0.420 e. The quantitative estimate of drug-likeness (QED) is 0.820. The fraction of sp³-hybridized carbons (Fsp3) is 0.500. The van der Waals surface area contributed by atoms with Crippen molar-refractivity contribution in [2.24, 2.45) is 0 Å². The lowest BCUT2D eigenvalue weighted by molar-refractivity contribution is -0.305. The molecule has 0 amide bonds. The predicted molar refractivity (Wildman–Crippen MR) is 95.2 cm³/mol. The van der Waals surface area contributed by atoms with Crippen molar-refractivity contribution < 1.29 is 23.4 Å². The van der Waals surface area contributed by atoms with Crippen molar-refractivity contribution in [3.63, 3.8) is 0 Å². The Bertz CT molecular complexity index is 769. The summed E-state index contributed by atoms with van der Waals surface area (Å²) in [6.07, 6.45) is -2.33. The second-order valence-electron chi connectivity index (χ2n) is 6.95. The van der Waals surface area contributed by atoms with E-state index in [1.165, 1.54) is 4.90 Å². The van der Waals surface area contributed by atoms with Crippen LogP contribution in [0.5, 0.6) is 0 Å². The highest BCUT2D eigenvalue weighted by Gasteiger charge is 2.56. The van der Waals surface area contributed by atoms with Crippen LogP contribution in [-0.2, 0) is 0 Å². The zero-order chi connectivity index (χ0) is 19.8. The number of piperidine rings is 1. The number of benzene rings is 1. The van der Waals surface area contributed by atoms with Crippen LogP contribution in [0.15, 0.2) is 36.7 Å². The molecular weight excluding hydrogens is 383 g/mol. The van der Waals surface area contributed by atoms with Gasteiger partial charge in [-0.25, -0.2) is 4.98 Å². The SMILES string of the molecule is C[C@@](O)(C(O)N1CCC(n2ccnc2-c2ccc(Cl)cc2)CC1)C(F)(F)F. The van der Waals surface area contributed by atoms with Gasteiger partial charge in [0.25, 0.3) is 0 Å². The lowest BCUT2D eigenvalue weighted by Gasteiger charge is -2.41. The molecule has 148 valence electrons. The van der Waals surface area contributed by atoms with Gasteiger partial charge in [0.15, 0.2) is 5.60 Å². The summed E-state index contributed by atoms with van der Waals surface area (Å²) in [5.74, 6) is 0.757. The van der Waals surface area contributed by atoms with E-state index in [-0.39, 0.29) is 19.1 Å². The maximum absolute atomic E-state index is 12.9. The van der Waals surface area contributed by atoms with Crippen LogP contribution in [0.2, 0.25) is 5.02 Å². The van der Waals surface area contributed by atoms with E-state index in [0.717, 1.165) is 11.4 Å². The number of aromatic nitrogens is 2. The normalized spacial score (nSPS) is 20.4. The first-order valence-corrected chi connectivity index (χ1v) is 8.99. The lowest BCUT2D eigenvalue weighted by atomic mass is 9.98. The third-order valence-electron chi connectivity index (χ3n) is 5.09. The third kappa shape index (κ3) is 3.99. The van der Waals surface area contributed by atoms with E-state index < -0.39 is 18.0 Å². The van der Waals surface area contributed by atoms with Gasteiger partial charge in [-0.1, -0.05) is 11.6 Å². The van der Waals surface area contributed by atoms with Crippen LogP contribution in [0, 0.1) is 0 Å². The molecule has 0 bridgehead atoms. The van der Waals surface area contributed by atoms with Crippen LogP contribution < -0.4 is 0 Å². The van der Waals surface area contributed by atoms with E-state index in [1.54, 1.807) is 18.3 Å². The topological polar surface area (TPSA) is 61.5 Å². The number of imidazole rings is 1. The summed E-state index contributed by atoms with van der Waals surface area (Å²) in [6, 6.07) is 7.31. The molecule has 1 aromatic heterocycles. The van der Waals surface area contributed by atoms with E-state index in [2.05, 4.69) is 4.98 Å². The highest BCUT2D eigenvalue weighted by molar-refractivity contribution is 6.30. The second kappa shape index (κ2) is 7.43. The number of rotatable bonds is 4. The van der Waals surface area contributed by atoms with Crippen LogP contribution >= 0.6 is 11.6 Å². The molecule has 1 fully saturated rings. The number of aliphatic hydroxyl groups excluding tert-OH is 1. The van der Waals surface area contributed by atoms with Gasteiger partial charge < -0.3 is 14.8 Å². The van der Waals surface area contributed by atoms with E-state index in [0.29, 0.717) is 24.8 Å². The second-order valence-corrected chi connectivity index (χ2v) is 7.39. The van der Waals surface area contributed by atoms with Crippen molar-refractivity contribution in [1.82, 2.24) is 14.5 Å². The molecule has 2 heterocycles. The summed E-state index contributed by atoms with van der Waals surface area (Å²) in [5.41, 5.74) is -2.28. The molecule has 5 nitrogen and oxygen atoms in total. The standard InChI is InChI=1S/C18H21ClF3N3O2/c1-17(27,18(20,21)22)16(26)24-9-6-14(7-10-24)25-11-8-23-15(25)12-2-4-13(19)5-3-12/h2-5,8,11,14,16,26-27H,6-7,9-10H2,1H3/t16?,17-/m1/s1. The molecule has 1 unspecified atom stereocenters. The molecular formula is C18H21ClF3N3O2. The van der Waals surface area contributed by atoms with E-state index in [4.69, 9.17) is 11.6 Å². The number of alkyl halides is 3. The third-order valence-corrected chi connectivity index (χ3v) is 5.34. The Labute approximate surface area is 160 Å². The molecule has 2 atom stereocenters. The summed E-state index contributed by atoms with van der Waals surface area (Å²) in [5, 5.41) is 20.4. The minimum absolute atomic E-state index is 0.0393. The average Bonchev–Trinajstić information content (AvgIpc) is 3.10. The molecule has 2 N–H and O–H groups in total. The lowest BCUT2D eigenvalue weighted by Crippen LogP contribution is -2.60. The minimum Gasteiger partial charge on any atom is -0.378 e. The van der Waals surface area contributed by atoms with Gasteiger partial charge in [-0.15, -0.1) is 0 Å². The Morgan fingerprint density at radius 1 is 1.19 bits per heavy atom. The molecule has 27 heavy (non-hydrogen) atoms. The van der Waals surface area contributed by atoms with Crippen LogP contribution in [0.25, 0.3) is 11.4 Å². The summed E-state index contributed by atoms with van der Waals surface area (Å²) in [6.45, 7) is 1.06. The Morgan fingerprint density at radius 3 is 2.33 bits per heavy atom. The Balaban J connectivity index is 1.70. The summed E-state index contributed by atoms with van der Waals surface area (Å²) >= 11 is 5.92. The van der Waals surface area contributed by atoms with Crippen molar-refractivity contribution in [1.29, 1.82) is 0 Å². The van der Waals surface area contributed by atoms with Gasteiger partial charge in [-0.05, 0) is 44.0 Å². The number of nitrogens with zero attached hydrogens (tertiary/aromatic N) is 3. The van der Waals surface area contributed by atoms with Gasteiger partial charge in [-0.2, -0.15) is 13.2 Å². The van der Waals surface area contributed by atoms with Crippen molar-refractivity contribution in [2.75, 3.05) is 13.1 Å². The smallest absolute Gasteiger partial charge is 0.378 e. The first kappa shape index (κ1) is 20.1. The average molecular weight is 404 g/mol. The molecule has 2 aromatic rings. The Kier molecular flexibility index (Phi) is 5.54. The highest BCUT2D eigenvalue weighted by atomic mass is 35.5. The van der Waals surface area contributed by atoms with Crippen molar-refractivity contribution >= 4 is 11.6 Å². The molecule has 9 heteroatoms. The molecule has 0 spiro atoms. The van der Waals surface area contributed by atoms with E-state index >= 15 is 0 Å². The summed E-state index contributed by atoms with van der Waals surface area (Å²) in [7, 11) is 0. The van der Waals surface area contributed by atoms with Gasteiger partial charge in [-0.3, -0.25) is 4.90 Å². The first-order valence-electron chi connectivity index (χ1n) is 8.61. The zero-order valence-corrected chi connectivity index (χ0v) is 15.5. The molecule has 1 aliphatic heterocycles. The number of hydrogen-bond acceptors (Lipinski definition) is 4. The van der Waals surface area contributed by atoms with Crippen LogP contribution in [0.4, 0.5) is 13.2 Å². The summed E-state index contributed by atoms with van der Waals surface area (Å²) < 4.78 is 40.8. The fourth-order valence-electron chi connectivity index (χ4n) is 3.34. The van der Waals surface area contributed by atoms with E-state index in [1.807, 2.05) is 22.9 Å². The maximum atomic E-state index is 12.9. The predicted octanol–water partition coefficient (Wildman–Crippen LogP) is 3.47. The molecule has 0 saturated carbocycles. The van der Waals surface area contributed by atoms with Crippen molar-refractivity contribution in [3.05, 3.63) is 41.7 Å². The number of likely N-dealkylation sites (tertiary alicyclic amines) is 1. The van der Waals surface area contributed by atoms with Gasteiger partial charge in [0.2, 0.25) is 0 Å². The first-order chi connectivity index (χ1) is 12.6. The Morgan fingerprint density at radius 2 is 1.78 bits per heavy atom. The molecule has 1 aromatic carbocycles. The minimum atomic E-state index is -4.91. The fourth-order valence-corrected chi connectivity index (χ4v) is 3.47. The Hall–Kier alpha value is -1.61. The van der Waals surface area contributed by atoms with Gasteiger partial charge in [0.1, 0.15) is 12.1 Å². The van der Waals surface area contributed by atoms with Gasteiger partial charge in [0, 0.05) is 42.1 Å². The van der Waals surface area contributed by atoms with Crippen LogP contribution in [-0.4, -0.2) is 55.8 Å². The molecule has 0 aliphatic carbocycles.